The fourth-order valence-electron chi connectivity index (χ4n) is 2.18. The van der Waals surface area contributed by atoms with Crippen molar-refractivity contribution in [1.82, 2.24) is 9.97 Å². The number of nitrogens with zero attached hydrogens (tertiary/aromatic N) is 3. The van der Waals surface area contributed by atoms with E-state index in [0.717, 1.165) is 50.1 Å². The van der Waals surface area contributed by atoms with Crippen LogP contribution in [-0.4, -0.2) is 43.3 Å². The zero-order valence-corrected chi connectivity index (χ0v) is 11.3. The molecule has 18 heavy (non-hydrogen) atoms. The molecular formula is C13H22N4O. The maximum absolute atomic E-state index is 5.03. The minimum Gasteiger partial charge on any atom is -0.385 e. The summed E-state index contributed by atoms with van der Waals surface area (Å²) in [6.07, 6.45) is 3.51. The van der Waals surface area contributed by atoms with E-state index >= 15 is 0 Å². The van der Waals surface area contributed by atoms with Crippen LogP contribution in [0.5, 0.6) is 0 Å². The van der Waals surface area contributed by atoms with Crippen molar-refractivity contribution in [3.05, 3.63) is 11.9 Å². The average molecular weight is 250 g/mol. The van der Waals surface area contributed by atoms with Gasteiger partial charge in [-0.2, -0.15) is 0 Å². The highest BCUT2D eigenvalue weighted by atomic mass is 16.5. The van der Waals surface area contributed by atoms with E-state index in [9.17, 15) is 0 Å². The minimum absolute atomic E-state index is 0.774. The van der Waals surface area contributed by atoms with Crippen molar-refractivity contribution >= 4 is 11.6 Å². The molecule has 1 aliphatic rings. The first-order chi connectivity index (χ1) is 8.79. The largest absolute Gasteiger partial charge is 0.385 e. The van der Waals surface area contributed by atoms with Crippen LogP contribution in [0.15, 0.2) is 6.07 Å². The number of nitrogens with one attached hydrogen (secondary N) is 1. The van der Waals surface area contributed by atoms with Crippen molar-refractivity contribution in [2.75, 3.05) is 43.6 Å². The summed E-state index contributed by atoms with van der Waals surface area (Å²) in [6.45, 7) is 5.82. The van der Waals surface area contributed by atoms with Crippen molar-refractivity contribution in [2.45, 2.75) is 26.2 Å². The lowest BCUT2D eigenvalue weighted by molar-refractivity contribution is 0.198. The standard InChI is InChI=1S/C13H22N4O/c1-11-15-12(14-6-5-9-18-2)10-13(16-11)17-7-3-4-8-17/h10H,3-9H2,1-2H3,(H,14,15,16). The summed E-state index contributed by atoms with van der Waals surface area (Å²) in [5.41, 5.74) is 0. The van der Waals surface area contributed by atoms with Crippen molar-refractivity contribution in [2.24, 2.45) is 0 Å². The van der Waals surface area contributed by atoms with Crippen LogP contribution < -0.4 is 10.2 Å². The fourth-order valence-corrected chi connectivity index (χ4v) is 2.18. The van der Waals surface area contributed by atoms with Gasteiger partial charge in [0.2, 0.25) is 0 Å². The van der Waals surface area contributed by atoms with E-state index in [2.05, 4.69) is 20.2 Å². The van der Waals surface area contributed by atoms with Crippen LogP contribution in [0.4, 0.5) is 11.6 Å². The van der Waals surface area contributed by atoms with Gasteiger partial charge in [0.15, 0.2) is 0 Å². The third kappa shape index (κ3) is 3.57. The summed E-state index contributed by atoms with van der Waals surface area (Å²) < 4.78 is 5.03. The van der Waals surface area contributed by atoms with E-state index in [1.807, 2.05) is 13.0 Å². The molecule has 1 fully saturated rings. The molecule has 0 unspecified atom stereocenters. The molecular weight excluding hydrogens is 228 g/mol. The molecule has 1 aliphatic heterocycles. The normalized spacial score (nSPS) is 15.1. The van der Waals surface area contributed by atoms with Gasteiger partial charge >= 0.3 is 0 Å². The summed E-state index contributed by atoms with van der Waals surface area (Å²) >= 11 is 0. The second-order valence-electron chi connectivity index (χ2n) is 4.63. The molecule has 0 spiro atoms. The maximum Gasteiger partial charge on any atom is 0.134 e. The second kappa shape index (κ2) is 6.54. The number of aromatic nitrogens is 2. The van der Waals surface area contributed by atoms with Gasteiger partial charge in [-0.1, -0.05) is 0 Å². The highest BCUT2D eigenvalue weighted by molar-refractivity contribution is 5.49. The summed E-state index contributed by atoms with van der Waals surface area (Å²) in [5.74, 6) is 2.79. The average Bonchev–Trinajstić information content (AvgIpc) is 2.88. The van der Waals surface area contributed by atoms with E-state index in [0.29, 0.717) is 0 Å². The molecule has 0 radical (unpaired) electrons. The smallest absolute Gasteiger partial charge is 0.134 e. The van der Waals surface area contributed by atoms with Crippen molar-refractivity contribution in [1.29, 1.82) is 0 Å². The SMILES string of the molecule is COCCCNc1cc(N2CCCC2)nc(C)n1. The monoisotopic (exact) mass is 250 g/mol. The minimum atomic E-state index is 0.774. The summed E-state index contributed by atoms with van der Waals surface area (Å²) in [5, 5.41) is 3.33. The van der Waals surface area contributed by atoms with Gasteiger partial charge in [-0.3, -0.25) is 0 Å². The van der Waals surface area contributed by atoms with Gasteiger partial charge in [0.1, 0.15) is 17.5 Å². The third-order valence-electron chi connectivity index (χ3n) is 3.09. The first-order valence-electron chi connectivity index (χ1n) is 6.63. The number of methoxy groups -OCH3 is 1. The van der Waals surface area contributed by atoms with Crippen LogP contribution in [-0.2, 0) is 4.74 Å². The Morgan fingerprint density at radius 1 is 1.33 bits per heavy atom. The molecule has 2 rings (SSSR count). The number of anilines is 2. The predicted molar refractivity (Wildman–Crippen MR) is 73.2 cm³/mol. The van der Waals surface area contributed by atoms with Crippen LogP contribution in [0.2, 0.25) is 0 Å². The highest BCUT2D eigenvalue weighted by Gasteiger charge is 2.14. The molecule has 100 valence electrons. The molecule has 1 N–H and O–H groups in total. The summed E-state index contributed by atoms with van der Waals surface area (Å²) in [7, 11) is 1.72. The molecule has 0 amide bonds. The summed E-state index contributed by atoms with van der Waals surface area (Å²) in [4.78, 5) is 11.3. The Hall–Kier alpha value is -1.36. The number of hydrogen-bond acceptors (Lipinski definition) is 5. The zero-order valence-electron chi connectivity index (χ0n) is 11.3. The predicted octanol–water partition coefficient (Wildman–Crippen LogP) is 1.83. The molecule has 5 nitrogen and oxygen atoms in total. The Labute approximate surface area is 109 Å². The highest BCUT2D eigenvalue weighted by Crippen LogP contribution is 2.20. The Morgan fingerprint density at radius 3 is 2.83 bits per heavy atom. The van der Waals surface area contributed by atoms with Gasteiger partial charge in [-0.25, -0.2) is 9.97 Å². The third-order valence-corrected chi connectivity index (χ3v) is 3.09. The molecule has 5 heteroatoms. The molecule has 2 heterocycles. The number of hydrogen-bond donors (Lipinski definition) is 1. The fraction of sp³-hybridized carbons (Fsp3) is 0.692. The van der Waals surface area contributed by atoms with Crippen LogP contribution in [0.1, 0.15) is 25.1 Å². The topological polar surface area (TPSA) is 50.3 Å². The molecule has 0 bridgehead atoms. The van der Waals surface area contributed by atoms with Crippen LogP contribution in [0, 0.1) is 6.92 Å². The molecule has 1 aromatic heterocycles. The van der Waals surface area contributed by atoms with E-state index in [1.165, 1.54) is 12.8 Å². The first kappa shape index (κ1) is 13.1. The Bertz CT molecular complexity index is 377. The van der Waals surface area contributed by atoms with E-state index in [-0.39, 0.29) is 0 Å². The van der Waals surface area contributed by atoms with E-state index < -0.39 is 0 Å². The summed E-state index contributed by atoms with van der Waals surface area (Å²) in [6, 6.07) is 2.05. The van der Waals surface area contributed by atoms with Gasteiger partial charge in [-0.05, 0) is 26.2 Å². The van der Waals surface area contributed by atoms with Crippen molar-refractivity contribution in [3.8, 4) is 0 Å². The van der Waals surface area contributed by atoms with Crippen molar-refractivity contribution in [3.63, 3.8) is 0 Å². The number of rotatable bonds is 6. The van der Waals surface area contributed by atoms with Crippen LogP contribution in [0.25, 0.3) is 0 Å². The molecule has 1 aromatic rings. The number of ether oxygens (including phenoxy) is 1. The van der Waals surface area contributed by atoms with Gasteiger partial charge in [0.25, 0.3) is 0 Å². The molecule has 0 atom stereocenters. The zero-order chi connectivity index (χ0) is 12.8. The lowest BCUT2D eigenvalue weighted by Gasteiger charge is -2.17. The van der Waals surface area contributed by atoms with Gasteiger partial charge in [0, 0.05) is 39.4 Å². The van der Waals surface area contributed by atoms with Crippen molar-refractivity contribution < 1.29 is 4.74 Å². The van der Waals surface area contributed by atoms with Gasteiger partial charge in [0.05, 0.1) is 0 Å². The lowest BCUT2D eigenvalue weighted by atomic mass is 10.4. The Kier molecular flexibility index (Phi) is 4.75. The second-order valence-corrected chi connectivity index (χ2v) is 4.63. The molecule has 0 saturated carbocycles. The lowest BCUT2D eigenvalue weighted by Crippen LogP contribution is -2.20. The maximum atomic E-state index is 5.03. The molecule has 0 aliphatic carbocycles. The quantitative estimate of drug-likeness (QED) is 0.781. The Morgan fingerprint density at radius 2 is 2.11 bits per heavy atom. The van der Waals surface area contributed by atoms with Gasteiger partial charge < -0.3 is 15.0 Å². The molecule has 0 aromatic carbocycles. The van der Waals surface area contributed by atoms with E-state index in [1.54, 1.807) is 7.11 Å². The van der Waals surface area contributed by atoms with Crippen LogP contribution in [0.3, 0.4) is 0 Å². The Balaban J connectivity index is 1.97. The number of aryl methyl sites for hydroxylation is 1. The van der Waals surface area contributed by atoms with E-state index in [4.69, 9.17) is 4.74 Å². The first-order valence-corrected chi connectivity index (χ1v) is 6.63. The molecule has 1 saturated heterocycles. The van der Waals surface area contributed by atoms with Crippen LogP contribution >= 0.6 is 0 Å². The van der Waals surface area contributed by atoms with Gasteiger partial charge in [-0.15, -0.1) is 0 Å².